The predicted molar refractivity (Wildman–Crippen MR) is 131 cm³/mol. The zero-order valence-corrected chi connectivity index (χ0v) is 20.5. The number of nitrogens with one attached hydrogen (secondary N) is 1. The van der Waals surface area contributed by atoms with Crippen LogP contribution in [0.2, 0.25) is 0 Å². The molecular weight excluding hydrogens is 474 g/mol. The molecule has 1 aliphatic carbocycles. The molecule has 3 aromatic rings. The van der Waals surface area contributed by atoms with E-state index in [1.807, 2.05) is 13.8 Å². The summed E-state index contributed by atoms with van der Waals surface area (Å²) in [7, 11) is 0. The van der Waals surface area contributed by atoms with Gasteiger partial charge in [-0.15, -0.1) is 0 Å². The van der Waals surface area contributed by atoms with Crippen LogP contribution in [0.3, 0.4) is 0 Å². The fraction of sp³-hybridized carbons (Fsp3) is 0.500. The predicted octanol–water partition coefficient (Wildman–Crippen LogP) is 5.75. The van der Waals surface area contributed by atoms with Crippen molar-refractivity contribution in [2.75, 3.05) is 18.9 Å². The van der Waals surface area contributed by atoms with Crippen LogP contribution >= 0.6 is 0 Å². The molecule has 0 unspecified atom stereocenters. The Morgan fingerprint density at radius 3 is 2.36 bits per heavy atom. The molecule has 1 saturated heterocycles. The molecule has 5 rings (SSSR count). The number of hydrogen-bond acceptors (Lipinski definition) is 6. The third kappa shape index (κ3) is 6.10. The third-order valence-corrected chi connectivity index (χ3v) is 6.41. The first kappa shape index (κ1) is 26.2. The van der Waals surface area contributed by atoms with Crippen molar-refractivity contribution in [3.8, 4) is 11.3 Å². The van der Waals surface area contributed by atoms with Gasteiger partial charge in [0.05, 0.1) is 6.20 Å². The average molecular weight is 506 g/mol. The zero-order valence-electron chi connectivity index (χ0n) is 20.5. The zero-order chi connectivity index (χ0) is 25.9. The number of hydrogen-bond donors (Lipinski definition) is 2. The highest BCUT2D eigenvalue weighted by atomic mass is 19.3. The van der Waals surface area contributed by atoms with Crippen molar-refractivity contribution in [1.82, 2.24) is 20.3 Å². The summed E-state index contributed by atoms with van der Waals surface area (Å²) < 4.78 is 60.4. The maximum Gasteiger partial charge on any atom is 0.251 e. The van der Waals surface area contributed by atoms with E-state index in [1.54, 1.807) is 12.3 Å². The number of benzene rings is 1. The molecule has 0 spiro atoms. The lowest BCUT2D eigenvalue weighted by Crippen LogP contribution is -2.48. The van der Waals surface area contributed by atoms with Crippen LogP contribution in [-0.2, 0) is 11.3 Å². The molecule has 194 valence electrons. The van der Waals surface area contributed by atoms with E-state index in [2.05, 4.69) is 20.3 Å². The van der Waals surface area contributed by atoms with Gasteiger partial charge in [-0.25, -0.2) is 27.5 Å². The van der Waals surface area contributed by atoms with Crippen LogP contribution in [0, 0.1) is 11.6 Å². The maximum atomic E-state index is 14.8. The smallest absolute Gasteiger partial charge is 0.251 e. The molecule has 0 atom stereocenters. The van der Waals surface area contributed by atoms with E-state index in [0.717, 1.165) is 30.5 Å². The molecule has 2 fully saturated rings. The van der Waals surface area contributed by atoms with Crippen molar-refractivity contribution in [3.63, 3.8) is 0 Å². The lowest BCUT2D eigenvalue weighted by atomic mass is 9.87. The average Bonchev–Trinajstić information content (AvgIpc) is 2.83. The number of fused-ring (bicyclic) bond motifs is 1. The first-order valence-electron chi connectivity index (χ1n) is 12.2. The summed E-state index contributed by atoms with van der Waals surface area (Å²) in [5, 5.41) is 3.64. The second-order valence-electron chi connectivity index (χ2n) is 9.65. The maximum absolute atomic E-state index is 14.8. The molecule has 3 N–H and O–H groups in total. The second kappa shape index (κ2) is 11.0. The highest BCUT2D eigenvalue weighted by Gasteiger charge is 2.44. The van der Waals surface area contributed by atoms with Gasteiger partial charge in [-0.2, -0.15) is 0 Å². The first-order chi connectivity index (χ1) is 17.1. The highest BCUT2D eigenvalue weighted by molar-refractivity contribution is 5.88. The van der Waals surface area contributed by atoms with Crippen molar-refractivity contribution < 1.29 is 22.3 Å². The van der Waals surface area contributed by atoms with E-state index in [1.165, 1.54) is 25.3 Å². The minimum atomic E-state index is -2.61. The minimum absolute atomic E-state index is 0.00917. The quantitative estimate of drug-likeness (QED) is 0.430. The Hall–Kier alpha value is -2.85. The van der Waals surface area contributed by atoms with Crippen LogP contribution in [0.5, 0.6) is 0 Å². The summed E-state index contributed by atoms with van der Waals surface area (Å²) >= 11 is 0. The van der Waals surface area contributed by atoms with Gasteiger partial charge < -0.3 is 15.8 Å². The van der Waals surface area contributed by atoms with Crippen molar-refractivity contribution in [2.45, 2.75) is 70.4 Å². The summed E-state index contributed by atoms with van der Waals surface area (Å²) in [6.07, 6.45) is 6.04. The van der Waals surface area contributed by atoms with Crippen molar-refractivity contribution in [3.05, 3.63) is 47.3 Å². The monoisotopic (exact) mass is 505 g/mol. The summed E-state index contributed by atoms with van der Waals surface area (Å²) in [6.45, 7) is 6.23. The number of halogens is 4. The number of nitrogens with two attached hydrogens (primary N) is 1. The standard InChI is InChI=1S/C21H21F4N5.C5H10O/c1-10(2)17-12(7-27-13-5-21(24,25)6-13)8-28-19-14(17)3-11(4-15(19)22)18-16(23)9-29-20(26)30-18;1-2-4-6-5-3-1/h3-4,8-10,13,27H,5-7H2,1-2H3,(H2,26,29,30);1-5H2. The van der Waals surface area contributed by atoms with Gasteiger partial charge in [-0.05, 0) is 48.4 Å². The van der Waals surface area contributed by atoms with E-state index >= 15 is 0 Å². The van der Waals surface area contributed by atoms with Gasteiger partial charge in [0.25, 0.3) is 5.92 Å². The number of rotatable bonds is 5. The largest absolute Gasteiger partial charge is 0.381 e. The number of nitrogens with zero attached hydrogens (tertiary/aromatic N) is 3. The molecule has 1 aromatic carbocycles. The number of pyridine rings is 1. The van der Waals surface area contributed by atoms with Crippen molar-refractivity contribution in [1.29, 1.82) is 0 Å². The number of alkyl halides is 2. The third-order valence-electron chi connectivity index (χ3n) is 6.41. The van der Waals surface area contributed by atoms with Crippen LogP contribution in [0.4, 0.5) is 23.5 Å². The van der Waals surface area contributed by atoms with E-state index < -0.39 is 17.6 Å². The Labute approximate surface area is 207 Å². The number of nitrogen functional groups attached to an aromatic ring is 1. The molecule has 1 aliphatic heterocycles. The Morgan fingerprint density at radius 2 is 1.78 bits per heavy atom. The fourth-order valence-corrected chi connectivity index (χ4v) is 4.61. The molecule has 10 heteroatoms. The number of ether oxygens (including phenoxy) is 1. The molecule has 2 aromatic heterocycles. The van der Waals surface area contributed by atoms with Crippen LogP contribution in [0.1, 0.15) is 63.0 Å². The fourth-order valence-electron chi connectivity index (χ4n) is 4.61. The van der Waals surface area contributed by atoms with E-state index in [9.17, 15) is 17.6 Å². The topological polar surface area (TPSA) is 86.0 Å². The molecular formula is C26H31F4N5O. The summed E-state index contributed by atoms with van der Waals surface area (Å²) in [6, 6.07) is 2.53. The molecule has 0 bridgehead atoms. The Morgan fingerprint density at radius 1 is 1.06 bits per heavy atom. The molecule has 2 aliphatic rings. The van der Waals surface area contributed by atoms with Gasteiger partial charge in [0.2, 0.25) is 5.95 Å². The van der Waals surface area contributed by atoms with Crippen LogP contribution in [0.15, 0.2) is 24.5 Å². The van der Waals surface area contributed by atoms with Crippen LogP contribution < -0.4 is 11.1 Å². The molecule has 36 heavy (non-hydrogen) atoms. The van der Waals surface area contributed by atoms with Crippen molar-refractivity contribution in [2.24, 2.45) is 0 Å². The lowest BCUT2D eigenvalue weighted by Gasteiger charge is -2.35. The van der Waals surface area contributed by atoms with Gasteiger partial charge in [-0.1, -0.05) is 13.8 Å². The van der Waals surface area contributed by atoms with Crippen LogP contribution in [0.25, 0.3) is 22.2 Å². The molecule has 0 radical (unpaired) electrons. The minimum Gasteiger partial charge on any atom is -0.381 e. The van der Waals surface area contributed by atoms with E-state index in [-0.39, 0.29) is 47.5 Å². The lowest BCUT2D eigenvalue weighted by molar-refractivity contribution is -0.0930. The van der Waals surface area contributed by atoms with Crippen LogP contribution in [-0.4, -0.2) is 40.1 Å². The summed E-state index contributed by atoms with van der Waals surface area (Å²) in [5.74, 6) is -4.07. The van der Waals surface area contributed by atoms with Gasteiger partial charge >= 0.3 is 0 Å². The number of anilines is 1. The molecule has 6 nitrogen and oxygen atoms in total. The molecule has 3 heterocycles. The van der Waals surface area contributed by atoms with E-state index in [4.69, 9.17) is 10.5 Å². The van der Waals surface area contributed by atoms with Gasteiger partial charge in [0, 0.05) is 55.8 Å². The second-order valence-corrected chi connectivity index (χ2v) is 9.65. The first-order valence-corrected chi connectivity index (χ1v) is 12.2. The Balaban J connectivity index is 0.000000445. The van der Waals surface area contributed by atoms with Gasteiger partial charge in [0.15, 0.2) is 5.82 Å². The summed E-state index contributed by atoms with van der Waals surface area (Å²) in [4.78, 5) is 11.7. The normalized spacial score (nSPS) is 17.5. The molecule has 1 saturated carbocycles. The molecule has 0 amide bonds. The Bertz CT molecular complexity index is 1200. The summed E-state index contributed by atoms with van der Waals surface area (Å²) in [5.41, 5.74) is 7.45. The van der Waals surface area contributed by atoms with Crippen molar-refractivity contribution >= 4 is 16.9 Å². The van der Waals surface area contributed by atoms with Gasteiger partial charge in [0.1, 0.15) is 17.0 Å². The van der Waals surface area contributed by atoms with Gasteiger partial charge in [-0.3, -0.25) is 4.98 Å². The Kier molecular flexibility index (Phi) is 8.04. The SMILES string of the molecule is C1CCOCC1.CC(C)c1c(CNC2CC(F)(F)C2)cnc2c(F)cc(-c3nc(N)ncc3F)cc12. The number of aromatic nitrogens is 3. The highest BCUT2D eigenvalue weighted by Crippen LogP contribution is 2.38. The van der Waals surface area contributed by atoms with E-state index in [0.29, 0.717) is 11.9 Å².